The van der Waals surface area contributed by atoms with Crippen LogP contribution in [0.4, 0.5) is 0 Å². The second kappa shape index (κ2) is 11.2. The fraction of sp³-hybridized carbons (Fsp3) is 0.684. The second-order valence-corrected chi connectivity index (χ2v) is 6.63. The Bertz CT molecular complexity index is 425. The minimum Gasteiger partial charge on any atom is -0.494 e. The van der Waals surface area contributed by atoms with Gasteiger partial charge in [0.25, 0.3) is 0 Å². The van der Waals surface area contributed by atoms with Crippen LogP contribution >= 0.6 is 24.8 Å². The third kappa shape index (κ3) is 5.52. The first-order valence-corrected chi connectivity index (χ1v) is 9.06. The van der Waals surface area contributed by atoms with Gasteiger partial charge in [-0.05, 0) is 43.4 Å². The van der Waals surface area contributed by atoms with Crippen molar-refractivity contribution < 1.29 is 4.74 Å². The lowest BCUT2D eigenvalue weighted by atomic mass is 9.80. The molecular formula is C19H32Cl2N2O. The topological polar surface area (TPSA) is 24.5 Å². The standard InChI is InChI=1S/C19H30N2O.2ClH/c1-2-22-18-10-8-17(9-11-18)19(16-6-4-3-5-7-16)21-14-12-20-13-15-21;;/h8-11,16,19-20H,2-7,12-15H2,1H3;2*1H/t19-;;/m0../s1. The van der Waals surface area contributed by atoms with Crippen molar-refractivity contribution in [2.24, 2.45) is 5.92 Å². The van der Waals surface area contributed by atoms with Gasteiger partial charge < -0.3 is 10.1 Å². The van der Waals surface area contributed by atoms with Crippen LogP contribution in [-0.4, -0.2) is 37.7 Å². The largest absolute Gasteiger partial charge is 0.494 e. The Kier molecular flexibility index (Phi) is 10.1. The molecule has 5 heteroatoms. The molecule has 0 amide bonds. The van der Waals surface area contributed by atoms with E-state index < -0.39 is 0 Å². The molecule has 0 aromatic heterocycles. The summed E-state index contributed by atoms with van der Waals surface area (Å²) in [7, 11) is 0. The van der Waals surface area contributed by atoms with Gasteiger partial charge in [0, 0.05) is 32.2 Å². The lowest BCUT2D eigenvalue weighted by Gasteiger charge is -2.41. The van der Waals surface area contributed by atoms with Crippen LogP contribution in [0.25, 0.3) is 0 Å². The van der Waals surface area contributed by atoms with Gasteiger partial charge in [-0.3, -0.25) is 4.90 Å². The SMILES string of the molecule is CCOc1ccc([C@H](C2CCCCC2)N2CCNCC2)cc1.Cl.Cl. The summed E-state index contributed by atoms with van der Waals surface area (Å²) in [6.45, 7) is 7.38. The predicted octanol–water partition coefficient (Wildman–Crippen LogP) is 4.46. The van der Waals surface area contributed by atoms with Crippen LogP contribution in [0.3, 0.4) is 0 Å². The van der Waals surface area contributed by atoms with Crippen LogP contribution in [0, 0.1) is 5.92 Å². The number of piperazine rings is 1. The molecule has 0 radical (unpaired) electrons. The molecule has 1 saturated heterocycles. The van der Waals surface area contributed by atoms with E-state index >= 15 is 0 Å². The zero-order valence-electron chi connectivity index (χ0n) is 14.7. The molecule has 1 aliphatic carbocycles. The molecule has 0 bridgehead atoms. The molecule has 1 heterocycles. The van der Waals surface area contributed by atoms with Crippen LogP contribution in [0.2, 0.25) is 0 Å². The van der Waals surface area contributed by atoms with Crippen molar-refractivity contribution in [1.29, 1.82) is 0 Å². The molecule has 2 aliphatic rings. The van der Waals surface area contributed by atoms with Gasteiger partial charge in [-0.25, -0.2) is 0 Å². The van der Waals surface area contributed by atoms with Crippen LogP contribution < -0.4 is 10.1 Å². The summed E-state index contributed by atoms with van der Waals surface area (Å²) in [6.07, 6.45) is 7.02. The van der Waals surface area contributed by atoms with Crippen molar-refractivity contribution >= 4 is 24.8 Å². The monoisotopic (exact) mass is 374 g/mol. The summed E-state index contributed by atoms with van der Waals surface area (Å²) in [4.78, 5) is 2.71. The van der Waals surface area contributed by atoms with E-state index in [4.69, 9.17) is 4.74 Å². The zero-order valence-corrected chi connectivity index (χ0v) is 16.3. The Hall–Kier alpha value is -0.480. The van der Waals surface area contributed by atoms with Gasteiger partial charge in [0.2, 0.25) is 0 Å². The maximum absolute atomic E-state index is 5.61. The molecule has 1 aromatic carbocycles. The van der Waals surface area contributed by atoms with Gasteiger partial charge in [-0.15, -0.1) is 24.8 Å². The van der Waals surface area contributed by atoms with Gasteiger partial charge in [0.15, 0.2) is 0 Å². The van der Waals surface area contributed by atoms with Crippen LogP contribution in [0.5, 0.6) is 5.75 Å². The van der Waals surface area contributed by atoms with Gasteiger partial charge in [0.05, 0.1) is 6.61 Å². The van der Waals surface area contributed by atoms with E-state index in [1.54, 1.807) is 0 Å². The molecule has 1 saturated carbocycles. The third-order valence-corrected chi connectivity index (χ3v) is 5.17. The first kappa shape index (κ1) is 21.6. The zero-order chi connectivity index (χ0) is 15.2. The molecule has 24 heavy (non-hydrogen) atoms. The third-order valence-electron chi connectivity index (χ3n) is 5.17. The molecule has 2 fully saturated rings. The number of nitrogens with zero attached hydrogens (tertiary/aromatic N) is 1. The minimum atomic E-state index is 0. The van der Waals surface area contributed by atoms with Crippen LogP contribution in [0.1, 0.15) is 50.6 Å². The Morgan fingerprint density at radius 3 is 2.25 bits per heavy atom. The molecule has 1 aromatic rings. The molecule has 0 unspecified atom stereocenters. The summed E-state index contributed by atoms with van der Waals surface area (Å²) >= 11 is 0. The number of ether oxygens (including phenoxy) is 1. The van der Waals surface area contributed by atoms with Crippen LogP contribution in [0.15, 0.2) is 24.3 Å². The van der Waals surface area contributed by atoms with Gasteiger partial charge in [-0.2, -0.15) is 0 Å². The quantitative estimate of drug-likeness (QED) is 0.823. The Labute approximate surface area is 159 Å². The number of nitrogens with one attached hydrogen (secondary N) is 1. The average Bonchev–Trinajstić information content (AvgIpc) is 2.59. The Morgan fingerprint density at radius 1 is 1.04 bits per heavy atom. The highest BCUT2D eigenvalue weighted by molar-refractivity contribution is 5.85. The van der Waals surface area contributed by atoms with E-state index in [9.17, 15) is 0 Å². The van der Waals surface area contributed by atoms with Crippen molar-refractivity contribution in [1.82, 2.24) is 10.2 Å². The molecule has 3 rings (SSSR count). The summed E-state index contributed by atoms with van der Waals surface area (Å²) in [6, 6.07) is 9.49. The van der Waals surface area contributed by atoms with Crippen molar-refractivity contribution in [3.05, 3.63) is 29.8 Å². The van der Waals surface area contributed by atoms with E-state index in [2.05, 4.69) is 34.5 Å². The van der Waals surface area contributed by atoms with Crippen LogP contribution in [-0.2, 0) is 0 Å². The lowest BCUT2D eigenvalue weighted by molar-refractivity contribution is 0.103. The number of halogens is 2. The first-order valence-electron chi connectivity index (χ1n) is 9.06. The van der Waals surface area contributed by atoms with Gasteiger partial charge >= 0.3 is 0 Å². The second-order valence-electron chi connectivity index (χ2n) is 6.63. The maximum Gasteiger partial charge on any atom is 0.119 e. The summed E-state index contributed by atoms with van der Waals surface area (Å²) < 4.78 is 5.61. The fourth-order valence-electron chi connectivity index (χ4n) is 4.12. The van der Waals surface area contributed by atoms with Gasteiger partial charge in [-0.1, -0.05) is 31.4 Å². The molecule has 1 atom stereocenters. The van der Waals surface area contributed by atoms with Crippen molar-refractivity contribution in [2.75, 3.05) is 32.8 Å². The predicted molar refractivity (Wildman–Crippen MR) is 106 cm³/mol. The average molecular weight is 375 g/mol. The molecular weight excluding hydrogens is 343 g/mol. The number of benzene rings is 1. The van der Waals surface area contributed by atoms with Crippen molar-refractivity contribution in [3.63, 3.8) is 0 Å². The van der Waals surface area contributed by atoms with E-state index in [0.29, 0.717) is 6.04 Å². The molecule has 1 aliphatic heterocycles. The highest BCUT2D eigenvalue weighted by Gasteiger charge is 2.30. The van der Waals surface area contributed by atoms with E-state index in [-0.39, 0.29) is 24.8 Å². The number of hydrogen-bond acceptors (Lipinski definition) is 3. The Morgan fingerprint density at radius 2 is 1.67 bits per heavy atom. The smallest absolute Gasteiger partial charge is 0.119 e. The number of hydrogen-bond donors (Lipinski definition) is 1. The number of rotatable bonds is 5. The van der Waals surface area contributed by atoms with E-state index in [1.807, 2.05) is 6.92 Å². The lowest BCUT2D eigenvalue weighted by Crippen LogP contribution is -2.47. The maximum atomic E-state index is 5.61. The summed E-state index contributed by atoms with van der Waals surface area (Å²) in [5.74, 6) is 1.82. The highest BCUT2D eigenvalue weighted by atomic mass is 35.5. The summed E-state index contributed by atoms with van der Waals surface area (Å²) in [5.41, 5.74) is 1.48. The van der Waals surface area contributed by atoms with Gasteiger partial charge in [0.1, 0.15) is 5.75 Å². The van der Waals surface area contributed by atoms with Crippen molar-refractivity contribution in [3.8, 4) is 5.75 Å². The van der Waals surface area contributed by atoms with E-state index in [0.717, 1.165) is 31.4 Å². The first-order chi connectivity index (χ1) is 10.9. The van der Waals surface area contributed by atoms with Crippen molar-refractivity contribution in [2.45, 2.75) is 45.1 Å². The normalized spacial score (nSPS) is 20.5. The molecule has 1 N–H and O–H groups in total. The molecule has 0 spiro atoms. The minimum absolute atomic E-state index is 0. The van der Waals surface area contributed by atoms with E-state index in [1.165, 1.54) is 50.8 Å². The molecule has 138 valence electrons. The fourth-order valence-corrected chi connectivity index (χ4v) is 4.12. The Balaban J connectivity index is 0.00000144. The summed E-state index contributed by atoms with van der Waals surface area (Å²) in [5, 5.41) is 3.49. The highest BCUT2D eigenvalue weighted by Crippen LogP contribution is 2.38. The molecule has 3 nitrogen and oxygen atoms in total.